The van der Waals surface area contributed by atoms with Crippen LogP contribution in [0.15, 0.2) is 18.2 Å². The van der Waals surface area contributed by atoms with Gasteiger partial charge in [0.25, 0.3) is 0 Å². The lowest BCUT2D eigenvalue weighted by atomic mass is 9.91. The predicted molar refractivity (Wildman–Crippen MR) is 87.9 cm³/mol. The maximum atomic E-state index is 5.60. The van der Waals surface area contributed by atoms with Gasteiger partial charge < -0.3 is 10.1 Å². The van der Waals surface area contributed by atoms with Crippen LogP contribution in [0.3, 0.4) is 0 Å². The van der Waals surface area contributed by atoms with Gasteiger partial charge in [-0.15, -0.1) is 0 Å². The zero-order chi connectivity index (χ0) is 14.7. The van der Waals surface area contributed by atoms with E-state index in [0.717, 1.165) is 37.2 Å². The van der Waals surface area contributed by atoms with Crippen molar-refractivity contribution in [3.05, 3.63) is 29.3 Å². The van der Waals surface area contributed by atoms with Crippen LogP contribution < -0.4 is 10.1 Å². The first-order valence-electron chi connectivity index (χ1n) is 8.76. The highest BCUT2D eigenvalue weighted by atomic mass is 16.5. The molecule has 1 fully saturated rings. The highest BCUT2D eigenvalue weighted by molar-refractivity contribution is 5.39. The smallest absolute Gasteiger partial charge is 0.122 e. The van der Waals surface area contributed by atoms with Crippen LogP contribution in [-0.2, 0) is 12.8 Å². The number of hydrogen-bond donors (Lipinski definition) is 1. The first-order valence-corrected chi connectivity index (χ1v) is 8.76. The predicted octanol–water partition coefficient (Wildman–Crippen LogP) is 3.97. The third-order valence-corrected chi connectivity index (χ3v) is 5.15. The Morgan fingerprint density at radius 1 is 1.33 bits per heavy atom. The molecule has 0 bridgehead atoms. The molecular formula is C19H29NO. The third kappa shape index (κ3) is 3.79. The molecule has 2 atom stereocenters. The Balaban J connectivity index is 1.57. The second-order valence-corrected chi connectivity index (χ2v) is 6.84. The van der Waals surface area contributed by atoms with E-state index in [4.69, 9.17) is 4.74 Å². The van der Waals surface area contributed by atoms with E-state index < -0.39 is 0 Å². The lowest BCUT2D eigenvalue weighted by molar-refractivity contribution is 0.325. The van der Waals surface area contributed by atoms with E-state index in [0.29, 0.717) is 6.04 Å². The summed E-state index contributed by atoms with van der Waals surface area (Å²) in [5, 5.41) is 3.79. The van der Waals surface area contributed by atoms with Crippen LogP contribution in [0.5, 0.6) is 5.75 Å². The summed E-state index contributed by atoms with van der Waals surface area (Å²) in [7, 11) is 0. The SMILES string of the molecule is CCCNC(CCc1ccc2c(c1)CCO2)C(C)C1CC1. The fourth-order valence-electron chi connectivity index (χ4n) is 3.55. The number of hydrogen-bond acceptors (Lipinski definition) is 2. The van der Waals surface area contributed by atoms with Gasteiger partial charge in [0.15, 0.2) is 0 Å². The summed E-state index contributed by atoms with van der Waals surface area (Å²) in [5.41, 5.74) is 2.88. The van der Waals surface area contributed by atoms with Crippen molar-refractivity contribution < 1.29 is 4.74 Å². The van der Waals surface area contributed by atoms with E-state index in [1.54, 1.807) is 0 Å². The molecule has 2 aliphatic rings. The molecule has 116 valence electrons. The fourth-order valence-corrected chi connectivity index (χ4v) is 3.55. The summed E-state index contributed by atoms with van der Waals surface area (Å²) < 4.78 is 5.60. The second-order valence-electron chi connectivity index (χ2n) is 6.84. The van der Waals surface area contributed by atoms with E-state index in [1.807, 2.05) is 0 Å². The molecule has 0 spiro atoms. The Labute approximate surface area is 129 Å². The first kappa shape index (κ1) is 14.9. The number of benzene rings is 1. The zero-order valence-electron chi connectivity index (χ0n) is 13.5. The van der Waals surface area contributed by atoms with Crippen molar-refractivity contribution >= 4 is 0 Å². The van der Waals surface area contributed by atoms with Gasteiger partial charge in [-0.25, -0.2) is 0 Å². The summed E-state index contributed by atoms with van der Waals surface area (Å²) in [6, 6.07) is 7.46. The van der Waals surface area contributed by atoms with Crippen molar-refractivity contribution in [3.63, 3.8) is 0 Å². The van der Waals surface area contributed by atoms with Gasteiger partial charge >= 0.3 is 0 Å². The Morgan fingerprint density at radius 2 is 2.19 bits per heavy atom. The Hall–Kier alpha value is -1.02. The highest BCUT2D eigenvalue weighted by Gasteiger charge is 2.32. The molecule has 2 unspecified atom stereocenters. The van der Waals surface area contributed by atoms with Crippen LogP contribution >= 0.6 is 0 Å². The monoisotopic (exact) mass is 287 g/mol. The summed E-state index contributed by atoms with van der Waals surface area (Å²) in [6.07, 6.45) is 7.65. The highest BCUT2D eigenvalue weighted by Crippen LogP contribution is 2.39. The molecule has 1 aromatic carbocycles. The lowest BCUT2D eigenvalue weighted by Gasteiger charge is -2.25. The second kappa shape index (κ2) is 6.83. The lowest BCUT2D eigenvalue weighted by Crippen LogP contribution is -2.37. The van der Waals surface area contributed by atoms with Crippen LogP contribution in [-0.4, -0.2) is 19.2 Å². The van der Waals surface area contributed by atoms with Crippen LogP contribution in [0.4, 0.5) is 0 Å². The number of nitrogens with one attached hydrogen (secondary N) is 1. The molecule has 1 saturated carbocycles. The molecule has 3 rings (SSSR count). The average Bonchev–Trinajstić information content (AvgIpc) is 3.25. The minimum atomic E-state index is 0.682. The molecule has 0 saturated heterocycles. The zero-order valence-corrected chi connectivity index (χ0v) is 13.5. The van der Waals surface area contributed by atoms with Gasteiger partial charge in [-0.1, -0.05) is 26.0 Å². The molecule has 1 heterocycles. The fraction of sp³-hybridized carbons (Fsp3) is 0.684. The molecule has 0 aromatic heterocycles. The number of fused-ring (bicyclic) bond motifs is 1. The van der Waals surface area contributed by atoms with Gasteiger partial charge in [0.2, 0.25) is 0 Å². The Bertz CT molecular complexity index is 467. The van der Waals surface area contributed by atoms with E-state index >= 15 is 0 Å². The van der Waals surface area contributed by atoms with E-state index in [9.17, 15) is 0 Å². The van der Waals surface area contributed by atoms with Crippen molar-refractivity contribution in [3.8, 4) is 5.75 Å². The summed E-state index contributed by atoms with van der Waals surface area (Å²) in [6.45, 7) is 6.71. The molecule has 2 heteroatoms. The van der Waals surface area contributed by atoms with Gasteiger partial charge in [0.05, 0.1) is 6.61 Å². The van der Waals surface area contributed by atoms with Crippen molar-refractivity contribution in [2.75, 3.05) is 13.2 Å². The largest absolute Gasteiger partial charge is 0.493 e. The average molecular weight is 287 g/mol. The van der Waals surface area contributed by atoms with Crippen molar-refractivity contribution in [2.45, 2.75) is 58.4 Å². The van der Waals surface area contributed by atoms with Crippen LogP contribution in [0, 0.1) is 11.8 Å². The standard InChI is InChI=1S/C19H29NO/c1-3-11-20-18(14(2)16-6-7-16)8-4-15-5-9-19-17(13-15)10-12-21-19/h5,9,13-14,16,18,20H,3-4,6-8,10-12H2,1-2H3. The van der Waals surface area contributed by atoms with Crippen molar-refractivity contribution in [1.82, 2.24) is 5.32 Å². The molecule has 21 heavy (non-hydrogen) atoms. The van der Waals surface area contributed by atoms with Crippen LogP contribution in [0.1, 0.15) is 50.7 Å². The van der Waals surface area contributed by atoms with E-state index in [1.165, 1.54) is 43.2 Å². The third-order valence-electron chi connectivity index (χ3n) is 5.15. The van der Waals surface area contributed by atoms with Crippen molar-refractivity contribution in [1.29, 1.82) is 0 Å². The normalized spacial score (nSPS) is 19.9. The Kier molecular flexibility index (Phi) is 4.84. The van der Waals surface area contributed by atoms with Gasteiger partial charge in [-0.3, -0.25) is 0 Å². The molecule has 0 radical (unpaired) electrons. The first-order chi connectivity index (χ1) is 10.3. The van der Waals surface area contributed by atoms with Crippen molar-refractivity contribution in [2.24, 2.45) is 11.8 Å². The number of aryl methyl sites for hydroxylation is 1. The maximum absolute atomic E-state index is 5.60. The molecular weight excluding hydrogens is 258 g/mol. The number of ether oxygens (including phenoxy) is 1. The quantitative estimate of drug-likeness (QED) is 0.781. The molecule has 1 aliphatic carbocycles. The maximum Gasteiger partial charge on any atom is 0.122 e. The molecule has 2 nitrogen and oxygen atoms in total. The van der Waals surface area contributed by atoms with Gasteiger partial charge in [-0.05, 0) is 67.7 Å². The number of rotatable bonds is 8. The summed E-state index contributed by atoms with van der Waals surface area (Å²) in [5.74, 6) is 2.91. The van der Waals surface area contributed by atoms with E-state index in [2.05, 4.69) is 37.4 Å². The molecule has 1 aromatic rings. The van der Waals surface area contributed by atoms with Gasteiger partial charge in [0, 0.05) is 12.5 Å². The Morgan fingerprint density at radius 3 is 2.95 bits per heavy atom. The van der Waals surface area contributed by atoms with E-state index in [-0.39, 0.29) is 0 Å². The minimum absolute atomic E-state index is 0.682. The van der Waals surface area contributed by atoms with Gasteiger partial charge in [0.1, 0.15) is 5.75 Å². The van der Waals surface area contributed by atoms with Crippen LogP contribution in [0.2, 0.25) is 0 Å². The summed E-state index contributed by atoms with van der Waals surface area (Å²) in [4.78, 5) is 0. The van der Waals surface area contributed by atoms with Gasteiger partial charge in [-0.2, -0.15) is 0 Å². The summed E-state index contributed by atoms with van der Waals surface area (Å²) >= 11 is 0. The van der Waals surface area contributed by atoms with Crippen LogP contribution in [0.25, 0.3) is 0 Å². The molecule has 1 aliphatic heterocycles. The molecule has 0 amide bonds. The topological polar surface area (TPSA) is 21.3 Å². The molecule has 1 N–H and O–H groups in total. The minimum Gasteiger partial charge on any atom is -0.493 e.